The molecule has 0 spiro atoms. The molecule has 0 fully saturated rings. The van der Waals surface area contributed by atoms with Crippen LogP contribution in [-0.4, -0.2) is 28.7 Å². The van der Waals surface area contributed by atoms with Gasteiger partial charge in [-0.1, -0.05) is 66.4 Å². The lowest BCUT2D eigenvalue weighted by molar-refractivity contribution is -0.113. The maximum absolute atomic E-state index is 12.8. The first kappa shape index (κ1) is 22.9. The van der Waals surface area contributed by atoms with E-state index in [4.69, 9.17) is 19.4 Å². The molecule has 35 heavy (non-hydrogen) atoms. The quantitative estimate of drug-likeness (QED) is 0.229. The molecular formula is C28H25N3O3S. The number of hydrogen-bond acceptors (Lipinski definition) is 6. The Morgan fingerprint density at radius 2 is 1.83 bits per heavy atom. The molecule has 0 unspecified atom stereocenters. The van der Waals surface area contributed by atoms with Crippen LogP contribution in [0, 0.1) is 13.8 Å². The number of aryl methyl sites for hydroxylation is 1. The zero-order valence-electron chi connectivity index (χ0n) is 19.8. The average Bonchev–Trinajstić information content (AvgIpc) is 2.88. The standard InChI is InChI=1S/C28H25N3O3S/c1-17-9-7-13-22(18(17)2)29-24(32)16-35-28-21-15-20-12-8-14-23(33-3)25(20)34-27(21)30-26(31-28)19-10-5-4-6-11-19/h4-14H,15-16H2,1-3H3,(H,29,32). The molecule has 1 aromatic heterocycles. The summed E-state index contributed by atoms with van der Waals surface area (Å²) in [6.45, 7) is 4.04. The highest BCUT2D eigenvalue weighted by molar-refractivity contribution is 8.00. The lowest BCUT2D eigenvalue weighted by Crippen LogP contribution is -2.16. The van der Waals surface area contributed by atoms with Crippen LogP contribution < -0.4 is 14.8 Å². The second-order valence-electron chi connectivity index (χ2n) is 8.31. The minimum atomic E-state index is -0.0869. The van der Waals surface area contributed by atoms with Crippen molar-refractivity contribution in [2.24, 2.45) is 0 Å². The third kappa shape index (κ3) is 4.72. The Balaban J connectivity index is 1.46. The number of amides is 1. The number of ether oxygens (including phenoxy) is 2. The molecule has 6 nitrogen and oxygen atoms in total. The highest BCUT2D eigenvalue weighted by Crippen LogP contribution is 2.44. The van der Waals surface area contributed by atoms with Gasteiger partial charge in [0.15, 0.2) is 17.3 Å². The molecule has 0 radical (unpaired) electrons. The maximum Gasteiger partial charge on any atom is 0.234 e. The van der Waals surface area contributed by atoms with Crippen molar-refractivity contribution in [3.8, 4) is 28.8 Å². The zero-order valence-corrected chi connectivity index (χ0v) is 20.6. The fourth-order valence-corrected chi connectivity index (χ4v) is 4.81. The Bertz CT molecular complexity index is 1410. The second kappa shape index (κ2) is 9.80. The highest BCUT2D eigenvalue weighted by atomic mass is 32.2. The summed E-state index contributed by atoms with van der Waals surface area (Å²) in [5.41, 5.74) is 5.78. The van der Waals surface area contributed by atoms with Gasteiger partial charge in [-0.3, -0.25) is 4.79 Å². The molecule has 1 aliphatic rings. The summed E-state index contributed by atoms with van der Waals surface area (Å²) in [5.74, 6) is 2.51. The van der Waals surface area contributed by atoms with E-state index in [0.29, 0.717) is 29.6 Å². The molecule has 1 N–H and O–H groups in total. The van der Waals surface area contributed by atoms with Crippen LogP contribution in [0.1, 0.15) is 22.3 Å². The van der Waals surface area contributed by atoms with Crippen molar-refractivity contribution in [1.82, 2.24) is 9.97 Å². The van der Waals surface area contributed by atoms with E-state index in [1.165, 1.54) is 11.8 Å². The summed E-state index contributed by atoms with van der Waals surface area (Å²) in [6, 6.07) is 21.5. The minimum Gasteiger partial charge on any atom is -0.493 e. The number of carbonyl (C=O) groups is 1. The van der Waals surface area contributed by atoms with Crippen molar-refractivity contribution in [2.75, 3.05) is 18.2 Å². The summed E-state index contributed by atoms with van der Waals surface area (Å²) in [5, 5.41) is 3.76. The number of para-hydroxylation sites is 1. The van der Waals surface area contributed by atoms with E-state index >= 15 is 0 Å². The van der Waals surface area contributed by atoms with Gasteiger partial charge in [-0.25, -0.2) is 4.98 Å². The Morgan fingerprint density at radius 3 is 2.63 bits per heavy atom. The normalized spacial score (nSPS) is 11.7. The lowest BCUT2D eigenvalue weighted by Gasteiger charge is -2.23. The number of rotatable bonds is 6. The zero-order chi connectivity index (χ0) is 24.4. The highest BCUT2D eigenvalue weighted by Gasteiger charge is 2.26. The number of benzene rings is 3. The number of anilines is 1. The van der Waals surface area contributed by atoms with Crippen LogP contribution in [0.4, 0.5) is 5.69 Å². The van der Waals surface area contributed by atoms with Crippen LogP contribution in [-0.2, 0) is 11.2 Å². The molecule has 176 valence electrons. The van der Waals surface area contributed by atoms with Gasteiger partial charge in [-0.05, 0) is 37.1 Å². The summed E-state index contributed by atoms with van der Waals surface area (Å²) in [4.78, 5) is 22.4. The van der Waals surface area contributed by atoms with Crippen LogP contribution in [0.3, 0.4) is 0 Å². The van der Waals surface area contributed by atoms with Crippen molar-refractivity contribution in [3.63, 3.8) is 0 Å². The second-order valence-corrected chi connectivity index (χ2v) is 9.28. The predicted molar refractivity (Wildman–Crippen MR) is 139 cm³/mol. The number of thioether (sulfide) groups is 1. The van der Waals surface area contributed by atoms with Gasteiger partial charge in [0.25, 0.3) is 0 Å². The van der Waals surface area contributed by atoms with E-state index in [0.717, 1.165) is 38.5 Å². The van der Waals surface area contributed by atoms with E-state index in [1.54, 1.807) is 7.11 Å². The molecule has 7 heteroatoms. The first-order chi connectivity index (χ1) is 17.0. The van der Waals surface area contributed by atoms with Gasteiger partial charge in [-0.15, -0.1) is 0 Å². The fraction of sp³-hybridized carbons (Fsp3) is 0.179. The van der Waals surface area contributed by atoms with E-state index in [-0.39, 0.29) is 11.7 Å². The summed E-state index contributed by atoms with van der Waals surface area (Å²) in [6.07, 6.45) is 0.595. The van der Waals surface area contributed by atoms with Crippen LogP contribution in [0.2, 0.25) is 0 Å². The molecule has 4 aromatic rings. The van der Waals surface area contributed by atoms with Gasteiger partial charge >= 0.3 is 0 Å². The monoisotopic (exact) mass is 483 g/mol. The molecule has 0 saturated heterocycles. The molecule has 0 aliphatic carbocycles. The van der Waals surface area contributed by atoms with E-state index in [2.05, 4.69) is 5.32 Å². The Morgan fingerprint density at radius 1 is 1.03 bits per heavy atom. The number of nitrogens with one attached hydrogen (secondary N) is 1. The smallest absolute Gasteiger partial charge is 0.234 e. The van der Waals surface area contributed by atoms with Crippen LogP contribution in [0.5, 0.6) is 17.4 Å². The first-order valence-electron chi connectivity index (χ1n) is 11.3. The molecule has 5 rings (SSSR count). The Kier molecular flexibility index (Phi) is 6.42. The largest absolute Gasteiger partial charge is 0.493 e. The number of hydrogen-bond donors (Lipinski definition) is 1. The van der Waals surface area contributed by atoms with Gasteiger partial charge in [0.2, 0.25) is 11.8 Å². The molecule has 0 bridgehead atoms. The minimum absolute atomic E-state index is 0.0869. The average molecular weight is 484 g/mol. The maximum atomic E-state index is 12.8. The van der Waals surface area contributed by atoms with Crippen LogP contribution in [0.15, 0.2) is 71.8 Å². The number of methoxy groups -OCH3 is 1. The van der Waals surface area contributed by atoms with Gasteiger partial charge in [0, 0.05) is 23.2 Å². The number of nitrogens with zero attached hydrogens (tertiary/aromatic N) is 2. The summed E-state index contributed by atoms with van der Waals surface area (Å²) < 4.78 is 11.7. The van der Waals surface area contributed by atoms with E-state index < -0.39 is 0 Å². The Labute approximate surface area is 208 Å². The van der Waals surface area contributed by atoms with Gasteiger partial charge in [0.1, 0.15) is 5.03 Å². The van der Waals surface area contributed by atoms with Crippen molar-refractivity contribution in [1.29, 1.82) is 0 Å². The predicted octanol–water partition coefficient (Wildman–Crippen LogP) is 6.20. The fourth-order valence-electron chi connectivity index (χ4n) is 3.99. The van der Waals surface area contributed by atoms with E-state index in [1.807, 2.05) is 80.6 Å². The van der Waals surface area contributed by atoms with Crippen molar-refractivity contribution < 1.29 is 14.3 Å². The van der Waals surface area contributed by atoms with Gasteiger partial charge < -0.3 is 14.8 Å². The molecule has 0 atom stereocenters. The molecule has 2 heterocycles. The molecular weight excluding hydrogens is 458 g/mol. The van der Waals surface area contributed by atoms with Crippen molar-refractivity contribution in [2.45, 2.75) is 25.3 Å². The van der Waals surface area contributed by atoms with Crippen molar-refractivity contribution in [3.05, 3.63) is 89.0 Å². The van der Waals surface area contributed by atoms with Crippen LogP contribution in [0.25, 0.3) is 11.4 Å². The third-order valence-electron chi connectivity index (χ3n) is 6.03. The summed E-state index contributed by atoms with van der Waals surface area (Å²) in [7, 11) is 1.62. The van der Waals surface area contributed by atoms with Crippen LogP contribution >= 0.6 is 11.8 Å². The van der Waals surface area contributed by atoms with Gasteiger partial charge in [0.05, 0.1) is 18.4 Å². The van der Waals surface area contributed by atoms with Crippen molar-refractivity contribution >= 4 is 23.4 Å². The number of fused-ring (bicyclic) bond motifs is 2. The van der Waals surface area contributed by atoms with E-state index in [9.17, 15) is 4.79 Å². The molecule has 0 saturated carbocycles. The summed E-state index contributed by atoms with van der Waals surface area (Å²) >= 11 is 1.39. The molecule has 3 aromatic carbocycles. The SMILES string of the molecule is COc1cccc2c1Oc1nc(-c3ccccc3)nc(SCC(=O)Nc3cccc(C)c3C)c1C2. The topological polar surface area (TPSA) is 73.3 Å². The molecule has 1 aliphatic heterocycles. The Hall–Kier alpha value is -3.84. The van der Waals surface area contributed by atoms with Gasteiger partial charge in [-0.2, -0.15) is 4.98 Å². The molecule has 1 amide bonds. The third-order valence-corrected chi connectivity index (χ3v) is 7.05. The lowest BCUT2D eigenvalue weighted by atomic mass is 10.0. The number of carbonyl (C=O) groups excluding carboxylic acids is 1. The first-order valence-corrected chi connectivity index (χ1v) is 12.3. The number of aromatic nitrogens is 2.